The average molecular weight is 227 g/mol. The molecule has 1 rings (SSSR count). The van der Waals surface area contributed by atoms with E-state index >= 15 is 0 Å². The van der Waals surface area contributed by atoms with Crippen molar-refractivity contribution >= 4 is 18.1 Å². The molecule has 1 aromatic rings. The van der Waals surface area contributed by atoms with Crippen LogP contribution in [0.15, 0.2) is 12.1 Å². The zero-order valence-electron chi connectivity index (χ0n) is 8.74. The van der Waals surface area contributed by atoms with Gasteiger partial charge in [0.2, 0.25) is 6.41 Å². The van der Waals surface area contributed by atoms with E-state index in [0.29, 0.717) is 6.41 Å². The fourth-order valence-corrected chi connectivity index (χ4v) is 1.21. The van der Waals surface area contributed by atoms with Crippen molar-refractivity contribution in [1.29, 1.82) is 0 Å². The first-order valence-electron chi connectivity index (χ1n) is 4.30. The van der Waals surface area contributed by atoms with E-state index in [1.165, 1.54) is 20.3 Å². The third kappa shape index (κ3) is 2.28. The summed E-state index contributed by atoms with van der Waals surface area (Å²) in [5.41, 5.74) is 0.0584. The van der Waals surface area contributed by atoms with E-state index in [-0.39, 0.29) is 17.0 Å². The number of carbonyl (C=O) groups excluding carboxylic acids is 2. The number of halogens is 1. The summed E-state index contributed by atoms with van der Waals surface area (Å²) >= 11 is 0. The summed E-state index contributed by atoms with van der Waals surface area (Å²) in [5, 5.41) is 2.23. The molecule has 0 saturated carbocycles. The Morgan fingerprint density at radius 3 is 2.62 bits per heavy atom. The monoisotopic (exact) mass is 227 g/mol. The molecule has 16 heavy (non-hydrogen) atoms. The second-order valence-electron chi connectivity index (χ2n) is 2.79. The van der Waals surface area contributed by atoms with Gasteiger partial charge < -0.3 is 14.8 Å². The molecule has 86 valence electrons. The number of hydrogen-bond acceptors (Lipinski definition) is 4. The SMILES string of the molecule is COC(=O)c1cc(F)c(OC)c(NC=O)c1. The number of carbonyl (C=O) groups is 2. The number of nitrogens with one attached hydrogen (secondary N) is 1. The predicted molar refractivity (Wildman–Crippen MR) is 54.0 cm³/mol. The van der Waals surface area contributed by atoms with Crippen molar-refractivity contribution < 1.29 is 23.5 Å². The van der Waals surface area contributed by atoms with Crippen molar-refractivity contribution in [3.8, 4) is 5.75 Å². The van der Waals surface area contributed by atoms with Gasteiger partial charge in [-0.15, -0.1) is 0 Å². The van der Waals surface area contributed by atoms with Gasteiger partial charge in [-0.3, -0.25) is 4.79 Å². The molecule has 0 aliphatic carbocycles. The normalized spacial score (nSPS) is 9.44. The summed E-state index contributed by atoms with van der Waals surface area (Å²) in [5.74, 6) is -1.59. The molecule has 1 N–H and O–H groups in total. The van der Waals surface area contributed by atoms with Crippen LogP contribution in [-0.2, 0) is 9.53 Å². The molecule has 0 fully saturated rings. The largest absolute Gasteiger partial charge is 0.492 e. The van der Waals surface area contributed by atoms with E-state index in [1.54, 1.807) is 0 Å². The van der Waals surface area contributed by atoms with Crippen LogP contribution in [-0.4, -0.2) is 26.6 Å². The van der Waals surface area contributed by atoms with Crippen molar-refractivity contribution in [1.82, 2.24) is 0 Å². The smallest absolute Gasteiger partial charge is 0.338 e. The van der Waals surface area contributed by atoms with Crippen LogP contribution >= 0.6 is 0 Å². The van der Waals surface area contributed by atoms with Gasteiger partial charge in [0.25, 0.3) is 0 Å². The molecule has 6 heteroatoms. The number of amides is 1. The molecule has 0 unspecified atom stereocenters. The maximum atomic E-state index is 13.4. The van der Waals surface area contributed by atoms with Gasteiger partial charge in [-0.25, -0.2) is 9.18 Å². The van der Waals surface area contributed by atoms with Crippen molar-refractivity contribution in [3.05, 3.63) is 23.5 Å². The van der Waals surface area contributed by atoms with Crippen LogP contribution in [0.4, 0.5) is 10.1 Å². The van der Waals surface area contributed by atoms with E-state index in [4.69, 9.17) is 4.74 Å². The molecule has 0 saturated heterocycles. The minimum Gasteiger partial charge on any atom is -0.492 e. The van der Waals surface area contributed by atoms with Crippen LogP contribution < -0.4 is 10.1 Å². The fourth-order valence-electron chi connectivity index (χ4n) is 1.21. The highest BCUT2D eigenvalue weighted by molar-refractivity contribution is 5.92. The molecule has 0 atom stereocenters. The topological polar surface area (TPSA) is 64.6 Å². The Labute approximate surface area is 91.2 Å². The minimum atomic E-state index is -0.755. The second kappa shape index (κ2) is 5.11. The van der Waals surface area contributed by atoms with Gasteiger partial charge in [0, 0.05) is 0 Å². The molecule has 0 aliphatic heterocycles. The van der Waals surface area contributed by atoms with E-state index < -0.39 is 11.8 Å². The lowest BCUT2D eigenvalue weighted by Gasteiger charge is -2.09. The van der Waals surface area contributed by atoms with Crippen LogP contribution in [0.2, 0.25) is 0 Å². The van der Waals surface area contributed by atoms with Crippen LogP contribution in [0.25, 0.3) is 0 Å². The lowest BCUT2D eigenvalue weighted by molar-refractivity contribution is -0.105. The molecule has 1 amide bonds. The number of methoxy groups -OCH3 is 2. The summed E-state index contributed by atoms with van der Waals surface area (Å²) in [6.45, 7) is 0. The number of esters is 1. The van der Waals surface area contributed by atoms with Gasteiger partial charge in [-0.1, -0.05) is 0 Å². The molecular weight excluding hydrogens is 217 g/mol. The first-order valence-corrected chi connectivity index (χ1v) is 4.30. The standard InChI is InChI=1S/C10H10FNO4/c1-15-9-7(11)3-6(10(14)16-2)4-8(9)12-5-13/h3-5H,1-2H3,(H,12,13). The Morgan fingerprint density at radius 1 is 1.44 bits per heavy atom. The Morgan fingerprint density at radius 2 is 2.12 bits per heavy atom. The quantitative estimate of drug-likeness (QED) is 0.619. The number of hydrogen-bond donors (Lipinski definition) is 1. The highest BCUT2D eigenvalue weighted by Crippen LogP contribution is 2.29. The summed E-state index contributed by atoms with van der Waals surface area (Å²) in [6.07, 6.45) is 0.359. The second-order valence-corrected chi connectivity index (χ2v) is 2.79. The van der Waals surface area contributed by atoms with Gasteiger partial charge in [-0.2, -0.15) is 0 Å². The van der Waals surface area contributed by atoms with E-state index in [1.807, 2.05) is 0 Å². The van der Waals surface area contributed by atoms with Crippen LogP contribution in [0, 0.1) is 5.82 Å². The first-order chi connectivity index (χ1) is 7.63. The number of benzene rings is 1. The summed E-state index contributed by atoms with van der Waals surface area (Å²) < 4.78 is 22.6. The van der Waals surface area contributed by atoms with Crippen molar-refractivity contribution in [3.63, 3.8) is 0 Å². The average Bonchev–Trinajstić information content (AvgIpc) is 2.28. The molecule has 5 nitrogen and oxygen atoms in total. The van der Waals surface area contributed by atoms with Crippen LogP contribution in [0.1, 0.15) is 10.4 Å². The first kappa shape index (κ1) is 12.0. The Kier molecular flexibility index (Phi) is 3.82. The van der Waals surface area contributed by atoms with E-state index in [9.17, 15) is 14.0 Å². The lowest BCUT2D eigenvalue weighted by Crippen LogP contribution is -2.06. The summed E-state index contributed by atoms with van der Waals surface area (Å²) in [7, 11) is 2.43. The maximum absolute atomic E-state index is 13.4. The Bertz CT molecular complexity index is 420. The number of rotatable bonds is 4. The van der Waals surface area contributed by atoms with Crippen LogP contribution in [0.5, 0.6) is 5.75 Å². The van der Waals surface area contributed by atoms with Gasteiger partial charge in [0.1, 0.15) is 0 Å². The molecule has 0 aromatic heterocycles. The van der Waals surface area contributed by atoms with Gasteiger partial charge in [0.15, 0.2) is 11.6 Å². The Balaban J connectivity index is 3.27. The van der Waals surface area contributed by atoms with Gasteiger partial charge in [-0.05, 0) is 12.1 Å². The van der Waals surface area contributed by atoms with Gasteiger partial charge >= 0.3 is 5.97 Å². The minimum absolute atomic E-state index is 0.00912. The van der Waals surface area contributed by atoms with Crippen molar-refractivity contribution in [2.75, 3.05) is 19.5 Å². The number of ether oxygens (including phenoxy) is 2. The zero-order chi connectivity index (χ0) is 12.1. The maximum Gasteiger partial charge on any atom is 0.338 e. The molecule has 0 bridgehead atoms. The zero-order valence-corrected chi connectivity index (χ0v) is 8.74. The summed E-state index contributed by atoms with van der Waals surface area (Å²) in [4.78, 5) is 21.5. The Hall–Kier alpha value is -2.11. The van der Waals surface area contributed by atoms with Gasteiger partial charge in [0.05, 0.1) is 25.5 Å². The van der Waals surface area contributed by atoms with E-state index in [2.05, 4.69) is 10.1 Å². The molecule has 1 aromatic carbocycles. The summed E-state index contributed by atoms with van der Waals surface area (Å²) in [6, 6.07) is 2.24. The molecule has 0 spiro atoms. The molecule has 0 aliphatic rings. The third-order valence-corrected chi connectivity index (χ3v) is 1.88. The third-order valence-electron chi connectivity index (χ3n) is 1.88. The molecule has 0 radical (unpaired) electrons. The predicted octanol–water partition coefficient (Wildman–Crippen LogP) is 1.19. The lowest BCUT2D eigenvalue weighted by atomic mass is 10.1. The number of anilines is 1. The van der Waals surface area contributed by atoms with Crippen molar-refractivity contribution in [2.24, 2.45) is 0 Å². The van der Waals surface area contributed by atoms with Crippen LogP contribution in [0.3, 0.4) is 0 Å². The highest BCUT2D eigenvalue weighted by Gasteiger charge is 2.15. The molecule has 0 heterocycles. The molecular formula is C10H10FNO4. The highest BCUT2D eigenvalue weighted by atomic mass is 19.1. The van der Waals surface area contributed by atoms with Crippen molar-refractivity contribution in [2.45, 2.75) is 0 Å². The fraction of sp³-hybridized carbons (Fsp3) is 0.200. The van der Waals surface area contributed by atoms with E-state index in [0.717, 1.165) is 6.07 Å².